The zero-order chi connectivity index (χ0) is 12.4. The van der Waals surface area contributed by atoms with E-state index in [9.17, 15) is 4.79 Å². The summed E-state index contributed by atoms with van der Waals surface area (Å²) in [4.78, 5) is 21.7. The summed E-state index contributed by atoms with van der Waals surface area (Å²) in [6.45, 7) is 1.60. The second kappa shape index (κ2) is 4.78. The molecule has 0 saturated carbocycles. The quantitative estimate of drug-likeness (QED) is 0.807. The average Bonchev–Trinajstić information content (AvgIpc) is 2.83. The largest absolute Gasteiger partial charge is 0.321 e. The Morgan fingerprint density at radius 3 is 3.06 bits per heavy atom. The number of benzene rings is 1. The third-order valence-electron chi connectivity index (χ3n) is 3.11. The van der Waals surface area contributed by atoms with Crippen molar-refractivity contribution in [2.45, 2.75) is 19.4 Å². The van der Waals surface area contributed by atoms with Crippen LogP contribution in [-0.2, 0) is 16.2 Å². The molecular formula is C13H15N3O2. The van der Waals surface area contributed by atoms with Crippen LogP contribution in [0.25, 0.3) is 11.0 Å². The van der Waals surface area contributed by atoms with E-state index in [0.29, 0.717) is 13.2 Å². The number of carbonyl (C=O) groups excluding carboxylic acids is 1. The molecule has 1 saturated heterocycles. The molecule has 0 N–H and O–H groups in total. The van der Waals surface area contributed by atoms with E-state index in [1.165, 1.54) is 5.06 Å². The minimum absolute atomic E-state index is 0.0159. The maximum absolute atomic E-state index is 12.1. The molecule has 3 rings (SSSR count). The van der Waals surface area contributed by atoms with Gasteiger partial charge in [-0.3, -0.25) is 9.63 Å². The van der Waals surface area contributed by atoms with E-state index in [0.717, 1.165) is 23.9 Å². The van der Waals surface area contributed by atoms with Gasteiger partial charge < -0.3 is 4.57 Å². The van der Waals surface area contributed by atoms with E-state index in [1.54, 1.807) is 6.33 Å². The second-order valence-corrected chi connectivity index (χ2v) is 4.40. The Labute approximate surface area is 105 Å². The van der Waals surface area contributed by atoms with E-state index in [4.69, 9.17) is 4.84 Å². The number of rotatable bonds is 2. The van der Waals surface area contributed by atoms with Crippen LogP contribution in [-0.4, -0.2) is 33.7 Å². The molecule has 94 valence electrons. The standard InChI is InChI=1S/C13H15N3O2/c17-13(16-7-3-4-8-18-16)9-15-10-14-11-5-1-2-6-12(11)15/h1-2,5-6,10H,3-4,7-9H2. The zero-order valence-corrected chi connectivity index (χ0v) is 10.1. The third kappa shape index (κ3) is 2.09. The van der Waals surface area contributed by atoms with E-state index in [-0.39, 0.29) is 12.5 Å². The van der Waals surface area contributed by atoms with Crippen LogP contribution in [0.5, 0.6) is 0 Å². The number of amides is 1. The fraction of sp³-hybridized carbons (Fsp3) is 0.385. The highest BCUT2D eigenvalue weighted by molar-refractivity contribution is 5.80. The molecule has 0 bridgehead atoms. The Bertz CT molecular complexity index is 558. The lowest BCUT2D eigenvalue weighted by molar-refractivity contribution is -0.197. The molecule has 0 atom stereocenters. The molecule has 0 unspecified atom stereocenters. The summed E-state index contributed by atoms with van der Waals surface area (Å²) in [5.74, 6) is -0.0159. The second-order valence-electron chi connectivity index (χ2n) is 4.40. The Hall–Kier alpha value is -1.88. The molecule has 5 nitrogen and oxygen atoms in total. The summed E-state index contributed by atoms with van der Waals surface area (Å²) in [6, 6.07) is 7.79. The van der Waals surface area contributed by atoms with Gasteiger partial charge in [-0.05, 0) is 25.0 Å². The summed E-state index contributed by atoms with van der Waals surface area (Å²) in [5.41, 5.74) is 1.88. The van der Waals surface area contributed by atoms with Gasteiger partial charge in [-0.25, -0.2) is 10.0 Å². The molecule has 0 spiro atoms. The van der Waals surface area contributed by atoms with Gasteiger partial charge in [0.05, 0.1) is 24.0 Å². The monoisotopic (exact) mass is 245 g/mol. The van der Waals surface area contributed by atoms with Crippen LogP contribution in [0.15, 0.2) is 30.6 Å². The van der Waals surface area contributed by atoms with Gasteiger partial charge in [0.15, 0.2) is 0 Å². The summed E-state index contributed by atoms with van der Waals surface area (Å²) < 4.78 is 1.86. The fourth-order valence-corrected chi connectivity index (χ4v) is 2.15. The first-order valence-corrected chi connectivity index (χ1v) is 6.18. The smallest absolute Gasteiger partial charge is 0.266 e. The van der Waals surface area contributed by atoms with Gasteiger partial charge in [-0.2, -0.15) is 0 Å². The number of imidazole rings is 1. The van der Waals surface area contributed by atoms with Crippen LogP contribution in [0, 0.1) is 0 Å². The van der Waals surface area contributed by atoms with Gasteiger partial charge in [-0.1, -0.05) is 12.1 Å². The van der Waals surface area contributed by atoms with Crippen LogP contribution >= 0.6 is 0 Å². The van der Waals surface area contributed by atoms with Gasteiger partial charge in [0.1, 0.15) is 6.54 Å². The van der Waals surface area contributed by atoms with Crippen LogP contribution in [0.1, 0.15) is 12.8 Å². The summed E-state index contributed by atoms with van der Waals surface area (Å²) in [7, 11) is 0. The highest BCUT2D eigenvalue weighted by Crippen LogP contribution is 2.13. The predicted molar refractivity (Wildman–Crippen MR) is 66.6 cm³/mol. The van der Waals surface area contributed by atoms with Gasteiger partial charge >= 0.3 is 0 Å². The molecule has 0 radical (unpaired) electrons. The van der Waals surface area contributed by atoms with E-state index >= 15 is 0 Å². The number of hydrogen-bond acceptors (Lipinski definition) is 3. The van der Waals surface area contributed by atoms with Gasteiger partial charge in [0.25, 0.3) is 5.91 Å². The number of fused-ring (bicyclic) bond motifs is 1. The Kier molecular flexibility index (Phi) is 2.98. The third-order valence-corrected chi connectivity index (χ3v) is 3.11. The summed E-state index contributed by atoms with van der Waals surface area (Å²) in [5, 5.41) is 1.47. The van der Waals surface area contributed by atoms with Crippen molar-refractivity contribution < 1.29 is 9.63 Å². The SMILES string of the molecule is O=C(Cn1cnc2ccccc21)N1CCCCO1. The number of para-hydroxylation sites is 2. The summed E-state index contributed by atoms with van der Waals surface area (Å²) in [6.07, 6.45) is 3.74. The highest BCUT2D eigenvalue weighted by Gasteiger charge is 2.18. The van der Waals surface area contributed by atoms with Crippen molar-refractivity contribution in [1.29, 1.82) is 0 Å². The molecule has 18 heavy (non-hydrogen) atoms. The van der Waals surface area contributed by atoms with E-state index in [1.807, 2.05) is 28.8 Å². The highest BCUT2D eigenvalue weighted by atomic mass is 16.7. The van der Waals surface area contributed by atoms with E-state index in [2.05, 4.69) is 4.98 Å². The van der Waals surface area contributed by atoms with Crippen LogP contribution < -0.4 is 0 Å². The molecule has 1 fully saturated rings. The van der Waals surface area contributed by atoms with Gasteiger partial charge in [-0.15, -0.1) is 0 Å². The first kappa shape index (κ1) is 11.2. The van der Waals surface area contributed by atoms with Crippen molar-refractivity contribution in [3.8, 4) is 0 Å². The van der Waals surface area contributed by atoms with Crippen molar-refractivity contribution in [2.24, 2.45) is 0 Å². The minimum atomic E-state index is -0.0159. The maximum atomic E-state index is 12.1. The van der Waals surface area contributed by atoms with Gasteiger partial charge in [0, 0.05) is 6.54 Å². The molecule has 2 heterocycles. The number of hydrogen-bond donors (Lipinski definition) is 0. The van der Waals surface area contributed by atoms with Crippen molar-refractivity contribution >= 4 is 16.9 Å². The van der Waals surface area contributed by atoms with Gasteiger partial charge in [0.2, 0.25) is 0 Å². The lowest BCUT2D eigenvalue weighted by Gasteiger charge is -2.25. The van der Waals surface area contributed by atoms with Crippen molar-refractivity contribution in [1.82, 2.24) is 14.6 Å². The first-order valence-electron chi connectivity index (χ1n) is 6.18. The maximum Gasteiger partial charge on any atom is 0.266 e. The number of carbonyl (C=O) groups is 1. The first-order chi connectivity index (χ1) is 8.84. The van der Waals surface area contributed by atoms with E-state index < -0.39 is 0 Å². The van der Waals surface area contributed by atoms with Crippen LogP contribution in [0.2, 0.25) is 0 Å². The van der Waals surface area contributed by atoms with Crippen molar-refractivity contribution in [2.75, 3.05) is 13.2 Å². The number of nitrogens with zero attached hydrogens (tertiary/aromatic N) is 3. The van der Waals surface area contributed by atoms with Crippen molar-refractivity contribution in [3.63, 3.8) is 0 Å². The molecular weight excluding hydrogens is 230 g/mol. The van der Waals surface area contributed by atoms with Crippen LogP contribution in [0.3, 0.4) is 0 Å². The molecule has 5 heteroatoms. The number of hydroxylamine groups is 2. The van der Waals surface area contributed by atoms with Crippen molar-refractivity contribution in [3.05, 3.63) is 30.6 Å². The predicted octanol–water partition coefficient (Wildman–Crippen LogP) is 1.59. The normalized spacial score (nSPS) is 16.1. The average molecular weight is 245 g/mol. The Morgan fingerprint density at radius 2 is 2.22 bits per heavy atom. The topological polar surface area (TPSA) is 47.4 Å². The molecule has 1 aliphatic rings. The fourth-order valence-electron chi connectivity index (χ4n) is 2.15. The molecule has 1 aromatic carbocycles. The number of aromatic nitrogens is 2. The lowest BCUT2D eigenvalue weighted by Crippen LogP contribution is -2.37. The molecule has 2 aromatic rings. The lowest BCUT2D eigenvalue weighted by atomic mass is 10.3. The molecule has 1 aliphatic heterocycles. The zero-order valence-electron chi connectivity index (χ0n) is 10.1. The molecule has 1 amide bonds. The Balaban J connectivity index is 1.77. The van der Waals surface area contributed by atoms with Crippen LogP contribution in [0.4, 0.5) is 0 Å². The summed E-state index contributed by atoms with van der Waals surface area (Å²) >= 11 is 0. The Morgan fingerprint density at radius 1 is 1.33 bits per heavy atom. The molecule has 0 aliphatic carbocycles. The minimum Gasteiger partial charge on any atom is -0.321 e. The molecule has 1 aromatic heterocycles.